The topological polar surface area (TPSA) is 141 Å². The van der Waals surface area contributed by atoms with Crippen LogP contribution in [0, 0.1) is 21.4 Å². The number of nitriles is 1. The van der Waals surface area contributed by atoms with E-state index in [9.17, 15) is 25.0 Å². The number of methoxy groups -OCH3 is 1. The number of halogens is 1. The number of ether oxygens (including phenoxy) is 3. The Morgan fingerprint density at radius 2 is 1.87 bits per heavy atom. The number of nitro benzene ring substituents is 1. The minimum Gasteiger partial charge on any atom is -0.493 e. The summed E-state index contributed by atoms with van der Waals surface area (Å²) in [6, 6.07) is 17.3. The maximum absolute atomic E-state index is 12.7. The molecular formula is C27H22BrN3O7. The molecule has 0 saturated carbocycles. The normalized spacial score (nSPS) is 10.7. The molecule has 0 fully saturated rings. The Kier molecular flexibility index (Phi) is 9.56. The second kappa shape index (κ2) is 13.0. The lowest BCUT2D eigenvalue weighted by atomic mass is 10.1. The third kappa shape index (κ3) is 7.18. The molecule has 1 amide bonds. The van der Waals surface area contributed by atoms with Gasteiger partial charge in [0.05, 0.1) is 24.2 Å². The van der Waals surface area contributed by atoms with Crippen LogP contribution in [-0.2, 0) is 16.1 Å². The third-order valence-corrected chi connectivity index (χ3v) is 5.80. The molecule has 0 bridgehead atoms. The zero-order valence-electron chi connectivity index (χ0n) is 20.4. The highest BCUT2D eigenvalue weighted by atomic mass is 79.9. The third-order valence-electron chi connectivity index (χ3n) is 5.12. The second-order valence-corrected chi connectivity index (χ2v) is 8.52. The maximum atomic E-state index is 12.7. The molecule has 0 aliphatic rings. The van der Waals surface area contributed by atoms with Crippen LogP contribution in [-0.4, -0.2) is 30.5 Å². The number of non-ortho nitro benzene ring substituents is 1. The first-order valence-corrected chi connectivity index (χ1v) is 12.0. The summed E-state index contributed by atoms with van der Waals surface area (Å²) >= 11 is 3.42. The van der Waals surface area contributed by atoms with Crippen LogP contribution in [0.15, 0.2) is 70.7 Å². The number of anilines is 1. The van der Waals surface area contributed by atoms with Gasteiger partial charge in [-0.15, -0.1) is 0 Å². The molecule has 1 N–H and O–H groups in total. The van der Waals surface area contributed by atoms with Crippen LogP contribution in [0.2, 0.25) is 0 Å². The van der Waals surface area contributed by atoms with E-state index < -0.39 is 16.8 Å². The van der Waals surface area contributed by atoms with Crippen molar-refractivity contribution in [2.75, 3.05) is 19.0 Å². The predicted molar refractivity (Wildman–Crippen MR) is 143 cm³/mol. The van der Waals surface area contributed by atoms with Gasteiger partial charge in [0.25, 0.3) is 11.6 Å². The quantitative estimate of drug-likeness (QED) is 0.106. The van der Waals surface area contributed by atoms with Gasteiger partial charge in [-0.25, -0.2) is 4.79 Å². The van der Waals surface area contributed by atoms with Gasteiger partial charge in [-0.3, -0.25) is 14.9 Å². The van der Waals surface area contributed by atoms with E-state index >= 15 is 0 Å². The summed E-state index contributed by atoms with van der Waals surface area (Å²) in [5.74, 6) is -0.433. The van der Waals surface area contributed by atoms with E-state index in [1.165, 1.54) is 49.6 Å². The number of nitrogens with one attached hydrogen (secondary N) is 1. The number of hydrogen-bond donors (Lipinski definition) is 1. The molecule has 0 heterocycles. The van der Waals surface area contributed by atoms with Crippen LogP contribution in [0.1, 0.15) is 28.4 Å². The highest BCUT2D eigenvalue weighted by Gasteiger charge is 2.15. The number of amides is 1. The molecule has 3 rings (SSSR count). The molecule has 0 aliphatic carbocycles. The first-order valence-electron chi connectivity index (χ1n) is 11.2. The average molecular weight is 580 g/mol. The van der Waals surface area contributed by atoms with Crippen molar-refractivity contribution in [2.24, 2.45) is 0 Å². The van der Waals surface area contributed by atoms with Crippen molar-refractivity contribution in [1.29, 1.82) is 5.26 Å². The summed E-state index contributed by atoms with van der Waals surface area (Å²) in [6.45, 7) is 2.01. The lowest BCUT2D eigenvalue weighted by molar-refractivity contribution is -0.384. The number of hydrogen-bond acceptors (Lipinski definition) is 8. The molecule has 10 nitrogen and oxygen atoms in total. The van der Waals surface area contributed by atoms with Crippen LogP contribution in [0.3, 0.4) is 0 Å². The number of esters is 1. The summed E-state index contributed by atoms with van der Waals surface area (Å²) in [4.78, 5) is 35.0. The van der Waals surface area contributed by atoms with E-state index in [4.69, 9.17) is 14.2 Å². The fourth-order valence-electron chi connectivity index (χ4n) is 3.26. The molecule has 3 aromatic carbocycles. The standard InChI is InChI=1S/C27H22BrN3O7/c1-3-37-27(33)18-7-9-21(10-8-18)30-26(32)20(15-29)12-19-13-24(36-2)25(14-23(19)28)38-16-17-5-4-6-22(11-17)31(34)35/h4-14H,3,16H2,1-2H3,(H,30,32)/b20-12+. The Balaban J connectivity index is 1.77. The van der Waals surface area contributed by atoms with Crippen molar-refractivity contribution >= 4 is 45.3 Å². The van der Waals surface area contributed by atoms with Gasteiger partial charge < -0.3 is 19.5 Å². The molecule has 0 atom stereocenters. The van der Waals surface area contributed by atoms with E-state index in [1.807, 2.05) is 6.07 Å². The number of nitro groups is 1. The van der Waals surface area contributed by atoms with Gasteiger partial charge in [0, 0.05) is 22.3 Å². The average Bonchev–Trinajstić information content (AvgIpc) is 2.91. The van der Waals surface area contributed by atoms with Gasteiger partial charge in [0.15, 0.2) is 11.5 Å². The highest BCUT2D eigenvalue weighted by molar-refractivity contribution is 9.10. The van der Waals surface area contributed by atoms with Crippen molar-refractivity contribution in [3.63, 3.8) is 0 Å². The van der Waals surface area contributed by atoms with E-state index in [2.05, 4.69) is 21.2 Å². The second-order valence-electron chi connectivity index (χ2n) is 7.66. The van der Waals surface area contributed by atoms with Crippen molar-refractivity contribution in [3.05, 3.63) is 97.5 Å². The summed E-state index contributed by atoms with van der Waals surface area (Å²) in [5, 5.41) is 23.2. The zero-order valence-corrected chi connectivity index (χ0v) is 22.0. The summed E-state index contributed by atoms with van der Waals surface area (Å²) in [7, 11) is 1.44. The lowest BCUT2D eigenvalue weighted by Crippen LogP contribution is -2.13. The summed E-state index contributed by atoms with van der Waals surface area (Å²) < 4.78 is 16.7. The zero-order chi connectivity index (χ0) is 27.7. The first kappa shape index (κ1) is 27.9. The number of carbonyl (C=O) groups is 2. The van der Waals surface area contributed by atoms with E-state index in [1.54, 1.807) is 31.2 Å². The minimum absolute atomic E-state index is 0.0445. The molecule has 194 valence electrons. The maximum Gasteiger partial charge on any atom is 0.338 e. The molecule has 0 aliphatic heterocycles. The molecule has 3 aromatic rings. The van der Waals surface area contributed by atoms with Crippen molar-refractivity contribution in [2.45, 2.75) is 13.5 Å². The predicted octanol–water partition coefficient (Wildman–Crippen LogP) is 5.67. The van der Waals surface area contributed by atoms with Crippen LogP contribution in [0.25, 0.3) is 6.08 Å². The van der Waals surface area contributed by atoms with Crippen LogP contribution >= 0.6 is 15.9 Å². The van der Waals surface area contributed by atoms with Crippen LogP contribution in [0.4, 0.5) is 11.4 Å². The van der Waals surface area contributed by atoms with Crippen LogP contribution < -0.4 is 14.8 Å². The molecule has 0 aromatic heterocycles. The van der Waals surface area contributed by atoms with Gasteiger partial charge >= 0.3 is 5.97 Å². The number of nitrogens with zero attached hydrogens (tertiary/aromatic N) is 2. The Labute approximate surface area is 226 Å². The monoisotopic (exact) mass is 579 g/mol. The SMILES string of the molecule is CCOC(=O)c1ccc(NC(=O)/C(C#N)=C/c2cc(OC)c(OCc3cccc([N+](=O)[O-])c3)cc2Br)cc1. The highest BCUT2D eigenvalue weighted by Crippen LogP contribution is 2.35. The summed E-state index contributed by atoms with van der Waals surface area (Å²) in [6.07, 6.45) is 1.39. The first-order chi connectivity index (χ1) is 18.2. The van der Waals surface area contributed by atoms with Gasteiger partial charge in [-0.1, -0.05) is 28.1 Å². The number of rotatable bonds is 10. The molecule has 38 heavy (non-hydrogen) atoms. The van der Waals surface area contributed by atoms with Gasteiger partial charge in [-0.05, 0) is 60.5 Å². The molecule has 0 unspecified atom stereocenters. The fraction of sp³-hybridized carbons (Fsp3) is 0.148. The molecule has 0 spiro atoms. The lowest BCUT2D eigenvalue weighted by Gasteiger charge is -2.13. The fourth-order valence-corrected chi connectivity index (χ4v) is 3.70. The molecule has 0 radical (unpaired) electrons. The number of benzene rings is 3. The Morgan fingerprint density at radius 3 is 2.50 bits per heavy atom. The van der Waals surface area contributed by atoms with Crippen molar-refractivity contribution < 1.29 is 28.7 Å². The van der Waals surface area contributed by atoms with E-state index in [-0.39, 0.29) is 24.5 Å². The van der Waals surface area contributed by atoms with E-state index in [0.717, 1.165) is 0 Å². The Hall–Kier alpha value is -4.69. The Morgan fingerprint density at radius 1 is 1.13 bits per heavy atom. The van der Waals surface area contributed by atoms with Crippen molar-refractivity contribution in [3.8, 4) is 17.6 Å². The largest absolute Gasteiger partial charge is 0.493 e. The minimum atomic E-state index is -0.645. The van der Waals surface area contributed by atoms with Gasteiger partial charge in [0.2, 0.25) is 0 Å². The van der Waals surface area contributed by atoms with Crippen LogP contribution in [0.5, 0.6) is 11.5 Å². The van der Waals surface area contributed by atoms with Gasteiger partial charge in [-0.2, -0.15) is 5.26 Å². The smallest absolute Gasteiger partial charge is 0.338 e. The number of carbonyl (C=O) groups excluding carboxylic acids is 2. The van der Waals surface area contributed by atoms with Crippen molar-refractivity contribution in [1.82, 2.24) is 0 Å². The van der Waals surface area contributed by atoms with Gasteiger partial charge in [0.1, 0.15) is 18.2 Å². The molecule has 0 saturated heterocycles. The molecular weight excluding hydrogens is 558 g/mol. The summed E-state index contributed by atoms with van der Waals surface area (Å²) in [5.41, 5.74) is 1.59. The van der Waals surface area contributed by atoms with E-state index in [0.29, 0.717) is 38.3 Å². The molecule has 11 heteroatoms. The Bertz CT molecular complexity index is 1430.